The summed E-state index contributed by atoms with van der Waals surface area (Å²) in [5, 5.41) is 9.72. The van der Waals surface area contributed by atoms with Crippen LogP contribution in [-0.2, 0) is 0 Å². The molecule has 0 radical (unpaired) electrons. The zero-order valence-electron chi connectivity index (χ0n) is 7.44. The van der Waals surface area contributed by atoms with Gasteiger partial charge in [0.15, 0.2) is 0 Å². The van der Waals surface area contributed by atoms with Crippen molar-refractivity contribution in [2.45, 2.75) is 46.1 Å². The average molecular weight is 142 g/mol. The van der Waals surface area contributed by atoms with Crippen LogP contribution in [0.5, 0.6) is 0 Å². The molecule has 60 valence electrons. The van der Waals surface area contributed by atoms with Crippen LogP contribution >= 0.6 is 0 Å². The molecular weight excluding hydrogens is 124 g/mol. The fraction of sp³-hybridized carbons (Fsp3) is 0.778. The van der Waals surface area contributed by atoms with E-state index in [-0.39, 0.29) is 0 Å². The van der Waals surface area contributed by atoms with E-state index in [1.165, 1.54) is 5.57 Å². The first kappa shape index (κ1) is 9.70. The molecule has 0 aliphatic heterocycles. The number of allylic oxidation sites excluding steroid dienone is 1. The molecule has 1 nitrogen and oxygen atoms in total. The van der Waals surface area contributed by atoms with Gasteiger partial charge in [0.25, 0.3) is 0 Å². The lowest BCUT2D eigenvalue weighted by Gasteiger charge is -2.21. The molecule has 0 atom stereocenters. The first-order valence-corrected chi connectivity index (χ1v) is 3.92. The maximum Gasteiger partial charge on any atom is 0.0824 e. The zero-order valence-corrected chi connectivity index (χ0v) is 7.44. The second-order valence-electron chi connectivity index (χ2n) is 3.03. The van der Waals surface area contributed by atoms with Gasteiger partial charge < -0.3 is 5.11 Å². The van der Waals surface area contributed by atoms with Crippen molar-refractivity contribution < 1.29 is 5.11 Å². The third kappa shape index (κ3) is 3.02. The van der Waals surface area contributed by atoms with Crippen molar-refractivity contribution in [2.75, 3.05) is 0 Å². The van der Waals surface area contributed by atoms with Gasteiger partial charge in [-0.25, -0.2) is 0 Å². The summed E-state index contributed by atoms with van der Waals surface area (Å²) in [5.74, 6) is 0. The first-order chi connectivity index (χ1) is 4.54. The summed E-state index contributed by atoms with van der Waals surface area (Å²) in [4.78, 5) is 0. The normalized spacial score (nSPS) is 11.3. The van der Waals surface area contributed by atoms with Crippen molar-refractivity contribution in [2.24, 2.45) is 0 Å². The summed E-state index contributed by atoms with van der Waals surface area (Å²) in [6.45, 7) is 8.03. The van der Waals surface area contributed by atoms with Crippen LogP contribution in [0.2, 0.25) is 0 Å². The molecule has 0 spiro atoms. The van der Waals surface area contributed by atoms with Crippen molar-refractivity contribution in [3.63, 3.8) is 0 Å². The van der Waals surface area contributed by atoms with Gasteiger partial charge in [0, 0.05) is 0 Å². The van der Waals surface area contributed by atoms with E-state index >= 15 is 0 Å². The van der Waals surface area contributed by atoms with E-state index in [2.05, 4.69) is 0 Å². The SMILES string of the molecule is CCC(O)(C=C(C)C)CC. The molecule has 0 aliphatic carbocycles. The Bertz CT molecular complexity index is 117. The molecule has 0 aromatic carbocycles. The summed E-state index contributed by atoms with van der Waals surface area (Å²) >= 11 is 0. The lowest BCUT2D eigenvalue weighted by atomic mass is 9.95. The van der Waals surface area contributed by atoms with Gasteiger partial charge in [-0.3, -0.25) is 0 Å². The smallest absolute Gasteiger partial charge is 0.0824 e. The van der Waals surface area contributed by atoms with Crippen molar-refractivity contribution >= 4 is 0 Å². The average Bonchev–Trinajstić information content (AvgIpc) is 1.87. The molecule has 0 aromatic heterocycles. The monoisotopic (exact) mass is 142 g/mol. The van der Waals surface area contributed by atoms with Crippen LogP contribution in [0.15, 0.2) is 11.6 Å². The Kier molecular flexibility index (Phi) is 3.66. The standard InChI is InChI=1S/C9H18O/c1-5-9(10,6-2)7-8(3)4/h7,10H,5-6H2,1-4H3. The minimum Gasteiger partial charge on any atom is -0.386 e. The van der Waals surface area contributed by atoms with Crippen LogP contribution in [-0.4, -0.2) is 10.7 Å². The highest BCUT2D eigenvalue weighted by atomic mass is 16.3. The molecule has 0 saturated heterocycles. The fourth-order valence-electron chi connectivity index (χ4n) is 0.991. The molecule has 0 aromatic rings. The summed E-state index contributed by atoms with van der Waals surface area (Å²) in [6, 6.07) is 0. The molecule has 0 unspecified atom stereocenters. The zero-order chi connectivity index (χ0) is 8.20. The van der Waals surface area contributed by atoms with Crippen LogP contribution in [0.3, 0.4) is 0 Å². The Labute approximate surface area is 63.8 Å². The van der Waals surface area contributed by atoms with Crippen LogP contribution in [0.1, 0.15) is 40.5 Å². The van der Waals surface area contributed by atoms with E-state index in [0.717, 1.165) is 12.8 Å². The Morgan fingerprint density at radius 1 is 1.30 bits per heavy atom. The van der Waals surface area contributed by atoms with Crippen molar-refractivity contribution in [3.8, 4) is 0 Å². The van der Waals surface area contributed by atoms with Gasteiger partial charge in [-0.2, -0.15) is 0 Å². The van der Waals surface area contributed by atoms with Crippen LogP contribution in [0, 0.1) is 0 Å². The molecule has 0 bridgehead atoms. The van der Waals surface area contributed by atoms with Crippen molar-refractivity contribution in [1.82, 2.24) is 0 Å². The Hall–Kier alpha value is -0.300. The molecule has 0 fully saturated rings. The van der Waals surface area contributed by atoms with E-state index in [1.807, 2.05) is 33.8 Å². The van der Waals surface area contributed by atoms with Gasteiger partial charge in [0.05, 0.1) is 5.60 Å². The Morgan fingerprint density at radius 2 is 1.70 bits per heavy atom. The Balaban J connectivity index is 4.20. The topological polar surface area (TPSA) is 20.2 Å². The highest BCUT2D eigenvalue weighted by Crippen LogP contribution is 2.17. The third-order valence-electron chi connectivity index (χ3n) is 1.78. The second kappa shape index (κ2) is 3.77. The maximum absolute atomic E-state index is 9.72. The molecular formula is C9H18O. The second-order valence-corrected chi connectivity index (χ2v) is 3.03. The highest BCUT2D eigenvalue weighted by Gasteiger charge is 2.17. The summed E-state index contributed by atoms with van der Waals surface area (Å²) in [6.07, 6.45) is 3.54. The summed E-state index contributed by atoms with van der Waals surface area (Å²) < 4.78 is 0. The lowest BCUT2D eigenvalue weighted by Crippen LogP contribution is -2.23. The van der Waals surface area contributed by atoms with Gasteiger partial charge in [-0.05, 0) is 26.7 Å². The third-order valence-corrected chi connectivity index (χ3v) is 1.78. The Morgan fingerprint density at radius 3 is 1.80 bits per heavy atom. The molecule has 10 heavy (non-hydrogen) atoms. The van der Waals surface area contributed by atoms with Crippen LogP contribution in [0.4, 0.5) is 0 Å². The molecule has 1 heteroatoms. The predicted octanol–water partition coefficient (Wildman–Crippen LogP) is 2.50. The van der Waals surface area contributed by atoms with Gasteiger partial charge in [-0.15, -0.1) is 0 Å². The van der Waals surface area contributed by atoms with Gasteiger partial charge in [0.2, 0.25) is 0 Å². The highest BCUT2D eigenvalue weighted by molar-refractivity contribution is 5.05. The molecule has 0 amide bonds. The number of aliphatic hydroxyl groups is 1. The minimum atomic E-state index is -0.557. The largest absolute Gasteiger partial charge is 0.386 e. The van der Waals surface area contributed by atoms with Crippen molar-refractivity contribution in [3.05, 3.63) is 11.6 Å². The van der Waals surface area contributed by atoms with E-state index < -0.39 is 5.60 Å². The molecule has 0 heterocycles. The van der Waals surface area contributed by atoms with Gasteiger partial charge in [-0.1, -0.05) is 25.5 Å². The maximum atomic E-state index is 9.72. The van der Waals surface area contributed by atoms with E-state index in [9.17, 15) is 5.11 Å². The molecule has 0 saturated carbocycles. The van der Waals surface area contributed by atoms with Crippen LogP contribution < -0.4 is 0 Å². The lowest BCUT2D eigenvalue weighted by molar-refractivity contribution is 0.0820. The van der Waals surface area contributed by atoms with Crippen LogP contribution in [0.25, 0.3) is 0 Å². The fourth-order valence-corrected chi connectivity index (χ4v) is 0.991. The van der Waals surface area contributed by atoms with Gasteiger partial charge in [0.1, 0.15) is 0 Å². The quantitative estimate of drug-likeness (QED) is 0.600. The van der Waals surface area contributed by atoms with Crippen molar-refractivity contribution in [1.29, 1.82) is 0 Å². The minimum absolute atomic E-state index is 0.557. The predicted molar refractivity (Wildman–Crippen MR) is 45.0 cm³/mol. The number of hydrogen-bond donors (Lipinski definition) is 1. The summed E-state index contributed by atoms with van der Waals surface area (Å²) in [5.41, 5.74) is 0.630. The first-order valence-electron chi connectivity index (χ1n) is 3.92. The summed E-state index contributed by atoms with van der Waals surface area (Å²) in [7, 11) is 0. The molecule has 0 aliphatic rings. The van der Waals surface area contributed by atoms with Gasteiger partial charge >= 0.3 is 0 Å². The number of rotatable bonds is 3. The van der Waals surface area contributed by atoms with E-state index in [4.69, 9.17) is 0 Å². The number of hydrogen-bond acceptors (Lipinski definition) is 1. The van der Waals surface area contributed by atoms with E-state index in [1.54, 1.807) is 0 Å². The van der Waals surface area contributed by atoms with E-state index in [0.29, 0.717) is 0 Å². The molecule has 0 rings (SSSR count). The molecule has 1 N–H and O–H groups in total.